The third-order valence-electron chi connectivity index (χ3n) is 4.32. The lowest BCUT2D eigenvalue weighted by Gasteiger charge is -2.37. The molecular formula is C15H16N2O5S. The summed E-state index contributed by atoms with van der Waals surface area (Å²) >= 11 is 1.58. The minimum Gasteiger partial charge on any atom is -0.459 e. The van der Waals surface area contributed by atoms with Crippen LogP contribution in [0.15, 0.2) is 24.3 Å². The number of carbonyl (C=O) groups is 2. The van der Waals surface area contributed by atoms with Gasteiger partial charge in [0, 0.05) is 29.8 Å². The van der Waals surface area contributed by atoms with E-state index in [2.05, 4.69) is 0 Å². The van der Waals surface area contributed by atoms with Crippen molar-refractivity contribution in [2.45, 2.75) is 36.8 Å². The van der Waals surface area contributed by atoms with Crippen molar-refractivity contribution < 1.29 is 19.2 Å². The summed E-state index contributed by atoms with van der Waals surface area (Å²) in [7, 11) is 0. The topological polar surface area (TPSA) is 89.8 Å². The van der Waals surface area contributed by atoms with Gasteiger partial charge in [0.1, 0.15) is 12.6 Å². The van der Waals surface area contributed by atoms with Crippen LogP contribution in [0.25, 0.3) is 0 Å². The molecule has 122 valence electrons. The summed E-state index contributed by atoms with van der Waals surface area (Å²) in [5.74, 6) is -0.401. The molecule has 0 saturated carbocycles. The third-order valence-corrected chi connectivity index (χ3v) is 5.38. The summed E-state index contributed by atoms with van der Waals surface area (Å²) in [6.45, 7) is 0.0428. The number of rotatable bonds is 5. The van der Waals surface area contributed by atoms with Crippen LogP contribution in [0.5, 0.6) is 0 Å². The van der Waals surface area contributed by atoms with Crippen molar-refractivity contribution in [2.24, 2.45) is 0 Å². The first-order chi connectivity index (χ1) is 11.0. The highest BCUT2D eigenvalue weighted by Crippen LogP contribution is 2.40. The molecule has 0 aromatic heterocycles. The Hall–Kier alpha value is -2.09. The van der Waals surface area contributed by atoms with E-state index in [1.165, 1.54) is 12.1 Å². The number of hydrogen-bond donors (Lipinski definition) is 0. The molecule has 8 heteroatoms. The number of amides is 1. The molecule has 3 rings (SSSR count). The summed E-state index contributed by atoms with van der Waals surface area (Å²) in [5.41, 5.74) is 0.668. The van der Waals surface area contributed by atoms with Crippen LogP contribution in [0.2, 0.25) is 0 Å². The van der Waals surface area contributed by atoms with Crippen molar-refractivity contribution in [3.63, 3.8) is 0 Å². The summed E-state index contributed by atoms with van der Waals surface area (Å²) < 4.78 is 5.33. The minimum atomic E-state index is -0.519. The number of hydrogen-bond acceptors (Lipinski definition) is 6. The maximum atomic E-state index is 12.4. The van der Waals surface area contributed by atoms with Crippen molar-refractivity contribution in [3.05, 3.63) is 39.9 Å². The Kier molecular flexibility index (Phi) is 4.25. The van der Waals surface area contributed by atoms with Crippen LogP contribution >= 0.6 is 11.8 Å². The Bertz CT molecular complexity index is 648. The fraction of sp³-hybridized carbons (Fsp3) is 0.467. The number of nitrogens with zero attached hydrogens (tertiary/aromatic N) is 2. The highest BCUT2D eigenvalue weighted by molar-refractivity contribution is 7.99. The summed E-state index contributed by atoms with van der Waals surface area (Å²) in [5, 5.41) is 10.7. The molecule has 0 N–H and O–H groups in total. The predicted octanol–water partition coefficient (Wildman–Crippen LogP) is 1.74. The molecular weight excluding hydrogens is 320 g/mol. The van der Waals surface area contributed by atoms with Gasteiger partial charge in [-0.05, 0) is 30.4 Å². The first-order valence-electron chi connectivity index (χ1n) is 7.25. The normalized spacial score (nSPS) is 25.7. The van der Waals surface area contributed by atoms with Gasteiger partial charge in [-0.2, -0.15) is 11.8 Å². The molecule has 2 saturated heterocycles. The molecule has 3 atom stereocenters. The van der Waals surface area contributed by atoms with E-state index >= 15 is 0 Å². The van der Waals surface area contributed by atoms with Gasteiger partial charge in [-0.1, -0.05) is 0 Å². The third kappa shape index (κ3) is 2.90. The largest absolute Gasteiger partial charge is 0.459 e. The molecule has 2 aliphatic heterocycles. The Morgan fingerprint density at radius 1 is 1.43 bits per heavy atom. The van der Waals surface area contributed by atoms with E-state index in [-0.39, 0.29) is 29.5 Å². The second-order valence-electron chi connectivity index (χ2n) is 5.64. The van der Waals surface area contributed by atoms with E-state index in [1.807, 2.05) is 6.26 Å². The zero-order valence-electron chi connectivity index (χ0n) is 12.5. The van der Waals surface area contributed by atoms with E-state index < -0.39 is 16.9 Å². The Morgan fingerprint density at radius 3 is 2.70 bits per heavy atom. The molecule has 2 heterocycles. The molecule has 1 unspecified atom stereocenters. The lowest BCUT2D eigenvalue weighted by Crippen LogP contribution is -2.55. The van der Waals surface area contributed by atoms with Gasteiger partial charge in [0.2, 0.25) is 5.91 Å². The van der Waals surface area contributed by atoms with E-state index in [9.17, 15) is 19.7 Å². The Morgan fingerprint density at radius 2 is 2.13 bits per heavy atom. The first kappa shape index (κ1) is 15.8. The monoisotopic (exact) mass is 336 g/mol. The van der Waals surface area contributed by atoms with Crippen LogP contribution in [0, 0.1) is 10.1 Å². The van der Waals surface area contributed by atoms with E-state index in [0.29, 0.717) is 12.0 Å². The highest BCUT2D eigenvalue weighted by atomic mass is 32.2. The number of ether oxygens (including phenoxy) is 1. The summed E-state index contributed by atoms with van der Waals surface area (Å²) in [6.07, 6.45) is 3.27. The van der Waals surface area contributed by atoms with Gasteiger partial charge in [0.15, 0.2) is 0 Å². The zero-order valence-corrected chi connectivity index (χ0v) is 13.3. The molecule has 7 nitrogen and oxygen atoms in total. The van der Waals surface area contributed by atoms with Gasteiger partial charge in [-0.15, -0.1) is 0 Å². The van der Waals surface area contributed by atoms with Crippen LogP contribution < -0.4 is 0 Å². The number of non-ortho nitro benzene ring substituents is 1. The van der Waals surface area contributed by atoms with Crippen molar-refractivity contribution in [3.8, 4) is 0 Å². The van der Waals surface area contributed by atoms with Crippen LogP contribution in [0.3, 0.4) is 0 Å². The second-order valence-corrected chi connectivity index (χ2v) is 6.72. The fourth-order valence-electron chi connectivity index (χ4n) is 3.10. The Balaban J connectivity index is 1.62. The van der Waals surface area contributed by atoms with Gasteiger partial charge < -0.3 is 9.64 Å². The molecule has 0 spiro atoms. The van der Waals surface area contributed by atoms with Crippen molar-refractivity contribution >= 4 is 29.3 Å². The van der Waals surface area contributed by atoms with E-state index in [1.54, 1.807) is 28.8 Å². The molecule has 1 aromatic rings. The lowest BCUT2D eigenvalue weighted by atomic mass is 10.0. The van der Waals surface area contributed by atoms with Crippen molar-refractivity contribution in [1.82, 2.24) is 4.90 Å². The summed E-state index contributed by atoms with van der Waals surface area (Å²) in [4.78, 5) is 35.8. The number of β-lactam (4-membered cyclic amide) rings is 1. The van der Waals surface area contributed by atoms with Gasteiger partial charge in [-0.25, -0.2) is 4.79 Å². The van der Waals surface area contributed by atoms with E-state index in [4.69, 9.17) is 4.74 Å². The maximum Gasteiger partial charge on any atom is 0.330 e. The lowest BCUT2D eigenvalue weighted by molar-refractivity contribution is -0.384. The molecule has 0 bridgehead atoms. The number of nitro groups is 1. The zero-order chi connectivity index (χ0) is 16.6. The average molecular weight is 336 g/mol. The Labute approximate surface area is 137 Å². The standard InChI is InChI=1S/C15H16N2O5S/c1-23-12-6-11-7-13(18)16(11)14(12)15(19)22-8-9-2-4-10(5-3-9)17(20)21/h2-5,11-12,14H,6-8H2,1H3/t11?,12-,14+/m0/s1. The van der Waals surface area contributed by atoms with E-state index in [0.717, 1.165) is 6.42 Å². The number of benzene rings is 1. The van der Waals surface area contributed by atoms with Gasteiger partial charge in [-0.3, -0.25) is 14.9 Å². The van der Waals surface area contributed by atoms with Gasteiger partial charge >= 0.3 is 5.97 Å². The summed E-state index contributed by atoms with van der Waals surface area (Å²) in [6, 6.07) is 5.51. The highest BCUT2D eigenvalue weighted by Gasteiger charge is 2.54. The second kappa shape index (κ2) is 6.19. The van der Waals surface area contributed by atoms with Crippen molar-refractivity contribution in [2.75, 3.05) is 6.26 Å². The molecule has 0 radical (unpaired) electrons. The molecule has 23 heavy (non-hydrogen) atoms. The average Bonchev–Trinajstić information content (AvgIpc) is 2.85. The molecule has 2 fully saturated rings. The molecule has 1 amide bonds. The number of thioether (sulfide) groups is 1. The van der Waals surface area contributed by atoms with Crippen molar-refractivity contribution in [1.29, 1.82) is 0 Å². The maximum absolute atomic E-state index is 12.4. The number of carbonyl (C=O) groups excluding carboxylic acids is 2. The number of esters is 1. The number of fused-ring (bicyclic) bond motifs is 1. The minimum absolute atomic E-state index is 0.00355. The van der Waals surface area contributed by atoms with Crippen LogP contribution in [0.4, 0.5) is 5.69 Å². The fourth-order valence-corrected chi connectivity index (χ4v) is 4.01. The molecule has 1 aromatic carbocycles. The predicted molar refractivity (Wildman–Crippen MR) is 83.9 cm³/mol. The van der Waals surface area contributed by atoms with Crippen LogP contribution in [0.1, 0.15) is 18.4 Å². The van der Waals surface area contributed by atoms with Crippen LogP contribution in [-0.4, -0.2) is 45.3 Å². The molecule has 0 aliphatic carbocycles. The first-order valence-corrected chi connectivity index (χ1v) is 8.54. The quantitative estimate of drug-likeness (QED) is 0.352. The van der Waals surface area contributed by atoms with Gasteiger partial charge in [0.25, 0.3) is 5.69 Å². The van der Waals surface area contributed by atoms with Crippen LogP contribution in [-0.2, 0) is 20.9 Å². The molecule has 2 aliphatic rings. The smallest absolute Gasteiger partial charge is 0.330 e. The van der Waals surface area contributed by atoms with Gasteiger partial charge in [0.05, 0.1) is 4.92 Å². The number of nitro benzene ring substituents is 1. The SMILES string of the molecule is CS[C@H]1CC2CC(=O)N2[C@H]1C(=O)OCc1ccc([N+](=O)[O-])cc1.